The Hall–Kier alpha value is -3.03. The van der Waals surface area contributed by atoms with Gasteiger partial charge >= 0.3 is 0 Å². The number of morpholine rings is 1. The Morgan fingerprint density at radius 2 is 1.88 bits per heavy atom. The molecule has 2 aliphatic rings. The van der Waals surface area contributed by atoms with E-state index in [4.69, 9.17) is 9.47 Å². The average molecular weight is 433 g/mol. The van der Waals surface area contributed by atoms with E-state index >= 15 is 0 Å². The molecular formula is C25H28N4O3. The van der Waals surface area contributed by atoms with Crippen molar-refractivity contribution < 1.29 is 14.3 Å². The zero-order valence-corrected chi connectivity index (χ0v) is 18.2. The third kappa shape index (κ3) is 4.59. The second-order valence-electron chi connectivity index (χ2n) is 8.42. The first kappa shape index (κ1) is 20.8. The molecule has 4 heterocycles. The van der Waals surface area contributed by atoms with Crippen molar-refractivity contribution in [3.63, 3.8) is 0 Å². The van der Waals surface area contributed by atoms with Crippen LogP contribution in [0.25, 0.3) is 10.8 Å². The zero-order chi connectivity index (χ0) is 21.8. The first-order chi connectivity index (χ1) is 15.8. The van der Waals surface area contributed by atoms with Crippen LogP contribution in [0.1, 0.15) is 15.9 Å². The smallest absolute Gasteiger partial charge is 0.254 e. The van der Waals surface area contributed by atoms with Crippen LogP contribution in [0.5, 0.6) is 0 Å². The zero-order valence-electron chi connectivity index (χ0n) is 18.2. The quantitative estimate of drug-likeness (QED) is 0.632. The number of nitrogens with zero attached hydrogens (tertiary/aromatic N) is 4. The molecule has 1 amide bonds. The van der Waals surface area contributed by atoms with Gasteiger partial charge in [-0.2, -0.15) is 0 Å². The molecule has 0 radical (unpaired) electrons. The van der Waals surface area contributed by atoms with Gasteiger partial charge in [-0.05, 0) is 29.5 Å². The number of amides is 1. The fourth-order valence-electron chi connectivity index (χ4n) is 4.54. The van der Waals surface area contributed by atoms with Gasteiger partial charge in [-0.3, -0.25) is 9.78 Å². The maximum absolute atomic E-state index is 13.4. The van der Waals surface area contributed by atoms with Crippen molar-refractivity contribution in [1.82, 2.24) is 14.9 Å². The van der Waals surface area contributed by atoms with Gasteiger partial charge in [-0.15, -0.1) is 0 Å². The fourth-order valence-corrected chi connectivity index (χ4v) is 4.54. The summed E-state index contributed by atoms with van der Waals surface area (Å²) < 4.78 is 11.3. The highest BCUT2D eigenvalue weighted by molar-refractivity contribution is 5.95. The highest BCUT2D eigenvalue weighted by Crippen LogP contribution is 2.23. The molecule has 2 saturated heterocycles. The molecule has 32 heavy (non-hydrogen) atoms. The third-order valence-corrected chi connectivity index (χ3v) is 6.21. The van der Waals surface area contributed by atoms with Crippen molar-refractivity contribution in [2.75, 3.05) is 57.5 Å². The number of carbonyl (C=O) groups is 1. The molecule has 7 heteroatoms. The minimum Gasteiger partial charge on any atom is -0.379 e. The Morgan fingerprint density at radius 3 is 2.78 bits per heavy atom. The summed E-state index contributed by atoms with van der Waals surface area (Å²) in [5.41, 5.74) is 1.87. The van der Waals surface area contributed by atoms with Crippen molar-refractivity contribution in [2.24, 2.45) is 5.92 Å². The predicted octanol–water partition coefficient (Wildman–Crippen LogP) is 2.80. The number of carbonyl (C=O) groups excluding carboxylic acids is 1. The largest absolute Gasteiger partial charge is 0.379 e. The highest BCUT2D eigenvalue weighted by Gasteiger charge is 2.25. The average Bonchev–Trinajstić information content (AvgIpc) is 3.10. The monoisotopic (exact) mass is 432 g/mol. The first-order valence-electron chi connectivity index (χ1n) is 11.3. The minimum absolute atomic E-state index is 0.0356. The van der Waals surface area contributed by atoms with E-state index in [0.29, 0.717) is 45.1 Å². The summed E-state index contributed by atoms with van der Waals surface area (Å²) in [6, 6.07) is 12.0. The van der Waals surface area contributed by atoms with Gasteiger partial charge in [-0.1, -0.05) is 24.3 Å². The molecule has 0 spiro atoms. The van der Waals surface area contributed by atoms with E-state index in [9.17, 15) is 4.79 Å². The molecular weight excluding hydrogens is 404 g/mol. The van der Waals surface area contributed by atoms with Crippen LogP contribution in [-0.4, -0.2) is 73.4 Å². The third-order valence-electron chi connectivity index (χ3n) is 6.21. The molecule has 1 atom stereocenters. The summed E-state index contributed by atoms with van der Waals surface area (Å²) in [7, 11) is 0. The van der Waals surface area contributed by atoms with Gasteiger partial charge in [0.15, 0.2) is 0 Å². The van der Waals surface area contributed by atoms with Gasteiger partial charge in [0.1, 0.15) is 5.82 Å². The number of rotatable bonds is 4. The summed E-state index contributed by atoms with van der Waals surface area (Å²) >= 11 is 0. The maximum Gasteiger partial charge on any atom is 0.254 e. The molecule has 1 unspecified atom stereocenters. The number of pyridine rings is 2. The van der Waals surface area contributed by atoms with Gasteiger partial charge in [-0.25, -0.2) is 4.98 Å². The van der Waals surface area contributed by atoms with Crippen molar-refractivity contribution in [2.45, 2.75) is 6.42 Å². The number of ether oxygens (including phenoxy) is 2. The van der Waals surface area contributed by atoms with E-state index in [1.807, 2.05) is 35.5 Å². The number of fused-ring (bicyclic) bond motifs is 1. The molecule has 3 aromatic rings. The van der Waals surface area contributed by atoms with Crippen molar-refractivity contribution in [3.05, 3.63) is 66.1 Å². The molecule has 0 N–H and O–H groups in total. The number of anilines is 1. The van der Waals surface area contributed by atoms with Crippen LogP contribution in [0, 0.1) is 5.92 Å². The summed E-state index contributed by atoms with van der Waals surface area (Å²) in [5.74, 6) is 1.09. The van der Waals surface area contributed by atoms with Gasteiger partial charge < -0.3 is 19.3 Å². The number of hydrogen-bond acceptors (Lipinski definition) is 6. The Kier molecular flexibility index (Phi) is 6.27. The maximum atomic E-state index is 13.4. The molecule has 7 nitrogen and oxygen atoms in total. The molecule has 0 aliphatic carbocycles. The van der Waals surface area contributed by atoms with Gasteiger partial charge in [0.05, 0.1) is 26.4 Å². The number of hydrogen-bond donors (Lipinski definition) is 0. The Bertz CT molecular complexity index is 1080. The van der Waals surface area contributed by atoms with Crippen LogP contribution in [-0.2, 0) is 15.9 Å². The molecule has 166 valence electrons. The van der Waals surface area contributed by atoms with Gasteiger partial charge in [0, 0.05) is 61.6 Å². The molecule has 2 aliphatic heterocycles. The summed E-state index contributed by atoms with van der Waals surface area (Å²) in [6.45, 7) is 5.42. The standard InChI is InChI=1S/C25H28N4O3/c30-25(20-5-6-27-24(14-20)28-7-10-31-11-8-28)29-9-12-32-18-19(17-29)13-22-16-26-15-21-3-1-2-4-23(21)22/h1-6,14-16,19H,7-13,17-18H2. The van der Waals surface area contributed by atoms with Gasteiger partial charge in [0.2, 0.25) is 0 Å². The second-order valence-corrected chi connectivity index (χ2v) is 8.42. The molecule has 0 bridgehead atoms. The lowest BCUT2D eigenvalue weighted by atomic mass is 9.96. The lowest BCUT2D eigenvalue weighted by Crippen LogP contribution is -2.38. The van der Waals surface area contributed by atoms with Crippen molar-refractivity contribution in [1.29, 1.82) is 0 Å². The van der Waals surface area contributed by atoms with E-state index in [2.05, 4.69) is 33.1 Å². The van der Waals surface area contributed by atoms with E-state index in [-0.39, 0.29) is 11.8 Å². The van der Waals surface area contributed by atoms with Crippen molar-refractivity contribution >= 4 is 22.5 Å². The van der Waals surface area contributed by atoms with E-state index in [1.54, 1.807) is 6.20 Å². The van der Waals surface area contributed by atoms with E-state index in [1.165, 1.54) is 10.9 Å². The SMILES string of the molecule is O=C(c1ccnc(N2CCOCC2)c1)N1CCOCC(Cc2cncc3ccccc23)C1. The van der Waals surface area contributed by atoms with Gasteiger partial charge in [0.25, 0.3) is 5.91 Å². The van der Waals surface area contributed by atoms with Crippen LogP contribution in [0.4, 0.5) is 5.82 Å². The van der Waals surface area contributed by atoms with Crippen LogP contribution in [0.3, 0.4) is 0 Å². The number of aromatic nitrogens is 2. The van der Waals surface area contributed by atoms with Crippen LogP contribution in [0.15, 0.2) is 55.0 Å². The van der Waals surface area contributed by atoms with Crippen molar-refractivity contribution in [3.8, 4) is 0 Å². The summed E-state index contributed by atoms with van der Waals surface area (Å²) in [5, 5.41) is 2.36. The summed E-state index contributed by atoms with van der Waals surface area (Å²) in [4.78, 5) is 26.4. The number of benzene rings is 1. The predicted molar refractivity (Wildman–Crippen MR) is 123 cm³/mol. The second kappa shape index (κ2) is 9.63. The fraction of sp³-hybridized carbons (Fsp3) is 0.400. The normalized spacial score (nSPS) is 19.7. The molecule has 1 aromatic carbocycles. The summed E-state index contributed by atoms with van der Waals surface area (Å²) in [6.07, 6.45) is 6.39. The molecule has 2 aromatic heterocycles. The highest BCUT2D eigenvalue weighted by atomic mass is 16.5. The lowest BCUT2D eigenvalue weighted by molar-refractivity contribution is 0.0737. The van der Waals surface area contributed by atoms with Crippen LogP contribution >= 0.6 is 0 Å². The van der Waals surface area contributed by atoms with E-state index in [0.717, 1.165) is 30.7 Å². The topological polar surface area (TPSA) is 67.8 Å². The minimum atomic E-state index is 0.0356. The first-order valence-corrected chi connectivity index (χ1v) is 11.3. The molecule has 2 fully saturated rings. The Labute approximate surface area is 188 Å². The molecule has 0 saturated carbocycles. The lowest BCUT2D eigenvalue weighted by Gasteiger charge is -2.28. The molecule has 5 rings (SSSR count). The Balaban J connectivity index is 1.32. The van der Waals surface area contributed by atoms with E-state index < -0.39 is 0 Å². The van der Waals surface area contributed by atoms with Crippen LogP contribution < -0.4 is 4.90 Å². The van der Waals surface area contributed by atoms with Crippen LogP contribution in [0.2, 0.25) is 0 Å². The Morgan fingerprint density at radius 1 is 1.03 bits per heavy atom.